The van der Waals surface area contributed by atoms with Gasteiger partial charge in [-0.3, -0.25) is 4.79 Å². The molecule has 0 spiro atoms. The normalized spacial score (nSPS) is 26.9. The summed E-state index contributed by atoms with van der Waals surface area (Å²) in [4.78, 5) is 13.1. The predicted octanol–water partition coefficient (Wildman–Crippen LogP) is 7.33. The maximum absolute atomic E-state index is 13.1. The first-order valence-corrected chi connectivity index (χ1v) is 26.6. The lowest BCUT2D eigenvalue weighted by atomic mass is 9.97. The van der Waals surface area contributed by atoms with Crippen molar-refractivity contribution in [2.75, 3.05) is 19.8 Å². The second-order valence-corrected chi connectivity index (χ2v) is 19.0. The van der Waals surface area contributed by atoms with Gasteiger partial charge in [0.2, 0.25) is 5.91 Å². The molecule has 1 amide bonds. The van der Waals surface area contributed by atoms with E-state index in [9.17, 15) is 45.6 Å². The molecular weight excluding hydrogens is 847 g/mol. The highest BCUT2D eigenvalue weighted by atomic mass is 16.7. The maximum atomic E-state index is 13.1. The number of amides is 1. The average Bonchev–Trinajstić information content (AvgIpc) is 3.31. The Labute approximate surface area is 398 Å². The first-order valence-electron chi connectivity index (χ1n) is 26.6. The molecular formula is C52H97NO13. The summed E-state index contributed by atoms with van der Waals surface area (Å²) in [5.41, 5.74) is 0. The molecule has 66 heavy (non-hydrogen) atoms. The van der Waals surface area contributed by atoms with Crippen LogP contribution in [0.2, 0.25) is 0 Å². The van der Waals surface area contributed by atoms with E-state index in [2.05, 4.69) is 31.3 Å². The van der Waals surface area contributed by atoms with Gasteiger partial charge in [0.25, 0.3) is 0 Å². The molecule has 12 unspecified atom stereocenters. The lowest BCUT2D eigenvalue weighted by Gasteiger charge is -2.46. The summed E-state index contributed by atoms with van der Waals surface area (Å²) in [5, 5.41) is 86.7. The second kappa shape index (κ2) is 39.2. The first-order chi connectivity index (χ1) is 32.1. The largest absolute Gasteiger partial charge is 0.394 e. The quantitative estimate of drug-likeness (QED) is 0.0216. The van der Waals surface area contributed by atoms with Crippen molar-refractivity contribution in [2.24, 2.45) is 0 Å². The van der Waals surface area contributed by atoms with Crippen LogP contribution in [0.25, 0.3) is 0 Å². The number of ether oxygens (including phenoxy) is 4. The van der Waals surface area contributed by atoms with Crippen LogP contribution in [0.3, 0.4) is 0 Å². The number of carbonyl (C=O) groups is 1. The number of unbranched alkanes of at least 4 members (excludes halogenated alkanes) is 26. The summed E-state index contributed by atoms with van der Waals surface area (Å²) >= 11 is 0. The van der Waals surface area contributed by atoms with E-state index in [1.807, 2.05) is 6.08 Å². The number of hydrogen-bond donors (Lipinski definition) is 9. The van der Waals surface area contributed by atoms with E-state index in [1.165, 1.54) is 116 Å². The summed E-state index contributed by atoms with van der Waals surface area (Å²) in [7, 11) is 0. The number of nitrogens with one attached hydrogen (secondary N) is 1. The fraction of sp³-hybridized carbons (Fsp3) is 0.904. The Morgan fingerprint density at radius 2 is 0.985 bits per heavy atom. The highest BCUT2D eigenvalue weighted by Gasteiger charge is 2.51. The zero-order valence-electron chi connectivity index (χ0n) is 41.2. The second-order valence-electron chi connectivity index (χ2n) is 19.0. The third-order valence-corrected chi connectivity index (χ3v) is 13.1. The Balaban J connectivity index is 1.78. The summed E-state index contributed by atoms with van der Waals surface area (Å²) in [5.74, 6) is -0.251. The maximum Gasteiger partial charge on any atom is 0.220 e. The van der Waals surface area contributed by atoms with Crippen molar-refractivity contribution < 1.29 is 64.6 Å². The Morgan fingerprint density at radius 1 is 0.530 bits per heavy atom. The third kappa shape index (κ3) is 25.9. The first kappa shape index (κ1) is 60.6. The fourth-order valence-electron chi connectivity index (χ4n) is 8.76. The summed E-state index contributed by atoms with van der Waals surface area (Å²) in [6, 6.07) is -0.915. The van der Waals surface area contributed by atoms with E-state index >= 15 is 0 Å². The molecule has 0 aliphatic carbocycles. The molecule has 0 radical (unpaired) electrons. The van der Waals surface area contributed by atoms with Gasteiger partial charge in [0.1, 0.15) is 48.8 Å². The molecule has 388 valence electrons. The van der Waals surface area contributed by atoms with Gasteiger partial charge in [-0.2, -0.15) is 0 Å². The van der Waals surface area contributed by atoms with Crippen LogP contribution in [0.15, 0.2) is 24.3 Å². The number of aliphatic hydroxyl groups is 8. The molecule has 2 fully saturated rings. The van der Waals surface area contributed by atoms with Gasteiger partial charge in [-0.1, -0.05) is 186 Å². The van der Waals surface area contributed by atoms with Gasteiger partial charge in [0.15, 0.2) is 12.6 Å². The molecule has 0 aromatic heterocycles. The van der Waals surface area contributed by atoms with Crippen molar-refractivity contribution in [2.45, 2.75) is 280 Å². The molecule has 2 aliphatic rings. The van der Waals surface area contributed by atoms with E-state index in [-0.39, 0.29) is 18.9 Å². The molecule has 2 saturated heterocycles. The summed E-state index contributed by atoms with van der Waals surface area (Å²) in [6.45, 7) is 2.72. The van der Waals surface area contributed by atoms with Crippen LogP contribution < -0.4 is 5.32 Å². The standard InChI is InChI=1S/C52H97NO13/c1-3-5-7-9-11-13-15-16-17-18-19-20-21-22-23-24-25-26-27-29-31-33-35-41(56)40(53-44(57)36-34-32-30-28-14-12-10-8-6-4-2)39-63-51-49(62)47(60)50(43(38-55)65-51)66-52-48(61)46(59)45(58)42(37-54)64-52/h8,10,33,35,40-43,45-52,54-56,58-62H,3-7,9,11-32,34,36-39H2,1-2H3,(H,53,57)/b10-8-,35-33+. The van der Waals surface area contributed by atoms with Crippen molar-refractivity contribution in [1.29, 1.82) is 0 Å². The average molecular weight is 944 g/mol. The SMILES string of the molecule is CCC/C=C\CCCCCCCC(=O)NC(COC1OC(CO)C(OC2OC(CO)C(O)C(O)C2O)C(O)C1O)C(O)/C=C/CCCCCCCCCCCCCCCCCCCCCC. The van der Waals surface area contributed by atoms with Gasteiger partial charge in [0, 0.05) is 6.42 Å². The Bertz CT molecular complexity index is 1210. The van der Waals surface area contributed by atoms with Gasteiger partial charge >= 0.3 is 0 Å². The minimum atomic E-state index is -1.79. The summed E-state index contributed by atoms with van der Waals surface area (Å²) in [6.07, 6.45) is 26.6. The molecule has 0 aromatic rings. The molecule has 2 heterocycles. The van der Waals surface area contributed by atoms with Gasteiger partial charge in [-0.25, -0.2) is 0 Å². The lowest BCUT2D eigenvalue weighted by molar-refractivity contribution is -0.359. The van der Waals surface area contributed by atoms with Crippen molar-refractivity contribution in [3.8, 4) is 0 Å². The molecule has 0 aromatic carbocycles. The smallest absolute Gasteiger partial charge is 0.220 e. The molecule has 2 rings (SSSR count). The molecule has 12 atom stereocenters. The van der Waals surface area contributed by atoms with E-state index in [0.29, 0.717) is 6.42 Å². The topological polar surface area (TPSA) is 228 Å². The Morgan fingerprint density at radius 3 is 1.50 bits per heavy atom. The van der Waals surface area contributed by atoms with Crippen molar-refractivity contribution in [3.05, 3.63) is 24.3 Å². The van der Waals surface area contributed by atoms with E-state index in [1.54, 1.807) is 6.08 Å². The van der Waals surface area contributed by atoms with Crippen LogP contribution in [0.4, 0.5) is 0 Å². The predicted molar refractivity (Wildman–Crippen MR) is 258 cm³/mol. The van der Waals surface area contributed by atoms with Crippen LogP contribution in [0, 0.1) is 0 Å². The molecule has 0 saturated carbocycles. The van der Waals surface area contributed by atoms with Gasteiger partial charge in [-0.05, 0) is 38.5 Å². The van der Waals surface area contributed by atoms with E-state index in [0.717, 1.165) is 64.2 Å². The van der Waals surface area contributed by atoms with Gasteiger partial charge < -0.3 is 65.1 Å². The van der Waals surface area contributed by atoms with Gasteiger partial charge in [0.05, 0.1) is 32.0 Å². The third-order valence-electron chi connectivity index (χ3n) is 13.1. The van der Waals surface area contributed by atoms with Crippen molar-refractivity contribution in [3.63, 3.8) is 0 Å². The van der Waals surface area contributed by atoms with Crippen LogP contribution in [0.5, 0.6) is 0 Å². The molecule has 2 aliphatic heterocycles. The number of aliphatic hydroxyl groups excluding tert-OH is 8. The highest BCUT2D eigenvalue weighted by Crippen LogP contribution is 2.30. The Hall–Kier alpha value is -1.53. The Kier molecular flexibility index (Phi) is 36.0. The highest BCUT2D eigenvalue weighted by molar-refractivity contribution is 5.76. The lowest BCUT2D eigenvalue weighted by Crippen LogP contribution is -2.65. The van der Waals surface area contributed by atoms with Crippen molar-refractivity contribution in [1.82, 2.24) is 5.32 Å². The van der Waals surface area contributed by atoms with Gasteiger partial charge in [-0.15, -0.1) is 0 Å². The summed E-state index contributed by atoms with van der Waals surface area (Å²) < 4.78 is 22.7. The molecule has 14 nitrogen and oxygen atoms in total. The zero-order valence-corrected chi connectivity index (χ0v) is 41.2. The van der Waals surface area contributed by atoms with Crippen LogP contribution >= 0.6 is 0 Å². The zero-order chi connectivity index (χ0) is 48.2. The molecule has 0 bridgehead atoms. The minimum Gasteiger partial charge on any atom is -0.394 e. The van der Waals surface area contributed by atoms with Crippen LogP contribution in [-0.2, 0) is 23.7 Å². The van der Waals surface area contributed by atoms with E-state index < -0.39 is 86.8 Å². The van der Waals surface area contributed by atoms with Crippen LogP contribution in [-0.4, -0.2) is 140 Å². The molecule has 9 N–H and O–H groups in total. The monoisotopic (exact) mass is 944 g/mol. The number of rotatable bonds is 41. The molecule has 14 heteroatoms. The van der Waals surface area contributed by atoms with Crippen molar-refractivity contribution >= 4 is 5.91 Å². The van der Waals surface area contributed by atoms with E-state index in [4.69, 9.17) is 18.9 Å². The fourth-order valence-corrected chi connectivity index (χ4v) is 8.76. The number of carbonyl (C=O) groups excluding carboxylic acids is 1. The number of hydrogen-bond acceptors (Lipinski definition) is 13. The number of allylic oxidation sites excluding steroid dienone is 3. The van der Waals surface area contributed by atoms with Crippen LogP contribution in [0.1, 0.15) is 206 Å². The minimum absolute atomic E-state index is 0.251.